The molecule has 1 rings (SSSR count). The van der Waals surface area contributed by atoms with E-state index < -0.39 is 0 Å². The van der Waals surface area contributed by atoms with Gasteiger partial charge in [-0.1, -0.05) is 15.9 Å². The third-order valence-electron chi connectivity index (χ3n) is 2.56. The molecular weight excluding hydrogens is 284 g/mol. The maximum absolute atomic E-state index is 11.0. The Morgan fingerprint density at radius 3 is 2.47 bits per heavy atom. The second-order valence-corrected chi connectivity index (χ2v) is 4.69. The van der Waals surface area contributed by atoms with Gasteiger partial charge < -0.3 is 9.47 Å². The summed E-state index contributed by atoms with van der Waals surface area (Å²) in [6.07, 6.45) is 0. The Hall–Kier alpha value is -1.03. The highest BCUT2D eigenvalue weighted by Gasteiger charge is 2.13. The lowest BCUT2D eigenvalue weighted by Crippen LogP contribution is -2.07. The second-order valence-electron chi connectivity index (χ2n) is 3.90. The van der Waals surface area contributed by atoms with E-state index in [2.05, 4.69) is 15.9 Å². The third kappa shape index (κ3) is 3.46. The Balaban J connectivity index is 3.12. The van der Waals surface area contributed by atoms with Crippen molar-refractivity contribution in [1.29, 1.82) is 0 Å². The number of ether oxygens (including phenoxy) is 2. The first-order valence-corrected chi connectivity index (χ1v) is 6.57. The zero-order chi connectivity index (χ0) is 13.0. The van der Waals surface area contributed by atoms with Gasteiger partial charge in [0, 0.05) is 12.3 Å². The molecule has 0 N–H and O–H groups in total. The predicted molar refractivity (Wildman–Crippen MR) is 71.3 cm³/mol. The van der Waals surface area contributed by atoms with Crippen molar-refractivity contribution in [2.75, 3.05) is 11.9 Å². The van der Waals surface area contributed by atoms with Crippen molar-refractivity contribution in [3.8, 4) is 11.5 Å². The van der Waals surface area contributed by atoms with Crippen LogP contribution >= 0.6 is 15.9 Å². The lowest BCUT2D eigenvalue weighted by atomic mass is 10.0. The van der Waals surface area contributed by atoms with Crippen LogP contribution in [-0.4, -0.2) is 17.9 Å². The number of benzene rings is 1. The molecule has 0 aromatic heterocycles. The van der Waals surface area contributed by atoms with Crippen LogP contribution in [0, 0.1) is 20.8 Å². The van der Waals surface area contributed by atoms with Crippen LogP contribution in [0.5, 0.6) is 11.5 Å². The zero-order valence-corrected chi connectivity index (χ0v) is 12.2. The monoisotopic (exact) mass is 300 g/mol. The lowest BCUT2D eigenvalue weighted by molar-refractivity contribution is -0.131. The molecule has 0 saturated heterocycles. The summed E-state index contributed by atoms with van der Waals surface area (Å²) >= 11 is 3.32. The number of halogens is 1. The van der Waals surface area contributed by atoms with Gasteiger partial charge in [-0.05, 0) is 43.5 Å². The van der Waals surface area contributed by atoms with Gasteiger partial charge in [-0.15, -0.1) is 0 Å². The van der Waals surface area contributed by atoms with Gasteiger partial charge in [0.1, 0.15) is 11.5 Å². The second kappa shape index (κ2) is 6.05. The topological polar surface area (TPSA) is 35.5 Å². The van der Waals surface area contributed by atoms with Crippen LogP contribution in [0.25, 0.3) is 0 Å². The van der Waals surface area contributed by atoms with Crippen molar-refractivity contribution in [2.45, 2.75) is 27.7 Å². The predicted octanol–water partition coefficient (Wildman–Crippen LogP) is 3.31. The van der Waals surface area contributed by atoms with Crippen molar-refractivity contribution < 1.29 is 14.3 Å². The summed E-state index contributed by atoms with van der Waals surface area (Å²) in [6.45, 7) is 7.83. The molecule has 0 atom stereocenters. The van der Waals surface area contributed by atoms with E-state index in [1.807, 2.05) is 26.8 Å². The molecule has 0 unspecified atom stereocenters. The highest BCUT2D eigenvalue weighted by molar-refractivity contribution is 9.09. The van der Waals surface area contributed by atoms with Crippen LogP contribution < -0.4 is 9.47 Å². The molecule has 0 aliphatic rings. The largest absolute Gasteiger partial charge is 0.492 e. The number of rotatable bonds is 4. The van der Waals surface area contributed by atoms with Crippen LogP contribution in [0.15, 0.2) is 6.07 Å². The summed E-state index contributed by atoms with van der Waals surface area (Å²) in [5.41, 5.74) is 2.87. The molecule has 0 fully saturated rings. The van der Waals surface area contributed by atoms with Crippen molar-refractivity contribution in [1.82, 2.24) is 0 Å². The van der Waals surface area contributed by atoms with Gasteiger partial charge in [0.15, 0.2) is 0 Å². The van der Waals surface area contributed by atoms with E-state index >= 15 is 0 Å². The molecule has 0 heterocycles. The SMILES string of the molecule is CC(=O)Oc1c(C)cc(OCCBr)c(C)c1C. The lowest BCUT2D eigenvalue weighted by Gasteiger charge is -2.16. The van der Waals surface area contributed by atoms with Gasteiger partial charge in [-0.2, -0.15) is 0 Å². The number of hydrogen-bond donors (Lipinski definition) is 0. The summed E-state index contributed by atoms with van der Waals surface area (Å²) in [4.78, 5) is 11.0. The molecule has 4 heteroatoms. The molecule has 1 aromatic rings. The van der Waals surface area contributed by atoms with E-state index in [-0.39, 0.29) is 5.97 Å². The average molecular weight is 301 g/mol. The molecule has 0 saturated carbocycles. The molecule has 0 radical (unpaired) electrons. The van der Waals surface area contributed by atoms with Crippen molar-refractivity contribution in [2.24, 2.45) is 0 Å². The van der Waals surface area contributed by atoms with Gasteiger partial charge in [0.2, 0.25) is 0 Å². The van der Waals surface area contributed by atoms with Crippen LogP contribution in [0.4, 0.5) is 0 Å². The van der Waals surface area contributed by atoms with Crippen LogP contribution in [0.2, 0.25) is 0 Å². The summed E-state index contributed by atoms with van der Waals surface area (Å²) in [7, 11) is 0. The van der Waals surface area contributed by atoms with E-state index in [4.69, 9.17) is 9.47 Å². The summed E-state index contributed by atoms with van der Waals surface area (Å²) < 4.78 is 10.8. The van der Waals surface area contributed by atoms with E-state index in [1.54, 1.807) is 0 Å². The average Bonchev–Trinajstić information content (AvgIpc) is 2.27. The minimum Gasteiger partial charge on any atom is -0.492 e. The Bertz CT molecular complexity index is 427. The fourth-order valence-corrected chi connectivity index (χ4v) is 1.78. The Kier molecular flexibility index (Phi) is 5.00. The molecule has 0 spiro atoms. The van der Waals surface area contributed by atoms with Crippen molar-refractivity contribution in [3.05, 3.63) is 22.8 Å². The van der Waals surface area contributed by atoms with Crippen molar-refractivity contribution in [3.63, 3.8) is 0 Å². The number of esters is 1. The molecule has 94 valence electrons. The Morgan fingerprint density at radius 1 is 1.29 bits per heavy atom. The quantitative estimate of drug-likeness (QED) is 0.486. The minimum atomic E-state index is -0.301. The molecular formula is C13H17BrO3. The van der Waals surface area contributed by atoms with Gasteiger partial charge >= 0.3 is 5.97 Å². The summed E-state index contributed by atoms with van der Waals surface area (Å²) in [6, 6.07) is 1.91. The minimum absolute atomic E-state index is 0.301. The highest BCUT2D eigenvalue weighted by Crippen LogP contribution is 2.33. The van der Waals surface area contributed by atoms with Crippen LogP contribution in [0.1, 0.15) is 23.6 Å². The maximum atomic E-state index is 11.0. The molecule has 0 amide bonds. The van der Waals surface area contributed by atoms with Gasteiger partial charge in [0.05, 0.1) is 6.61 Å². The fraction of sp³-hybridized carbons (Fsp3) is 0.462. The first kappa shape index (κ1) is 14.0. The van der Waals surface area contributed by atoms with E-state index in [0.717, 1.165) is 27.8 Å². The number of aryl methyl sites for hydroxylation is 1. The van der Waals surface area contributed by atoms with E-state index in [1.165, 1.54) is 6.92 Å². The Labute approximate surface area is 110 Å². The zero-order valence-electron chi connectivity index (χ0n) is 10.6. The molecule has 17 heavy (non-hydrogen) atoms. The summed E-state index contributed by atoms with van der Waals surface area (Å²) in [5.74, 6) is 1.18. The number of alkyl halides is 1. The molecule has 1 aromatic carbocycles. The van der Waals surface area contributed by atoms with Gasteiger partial charge in [0.25, 0.3) is 0 Å². The fourth-order valence-electron chi connectivity index (χ4n) is 1.62. The Morgan fingerprint density at radius 2 is 1.94 bits per heavy atom. The number of carbonyl (C=O) groups excluding carboxylic acids is 1. The summed E-state index contributed by atoms with van der Waals surface area (Å²) in [5, 5.41) is 0.788. The number of carbonyl (C=O) groups is 1. The number of hydrogen-bond acceptors (Lipinski definition) is 3. The van der Waals surface area contributed by atoms with Gasteiger partial charge in [-0.3, -0.25) is 4.79 Å². The first-order chi connectivity index (χ1) is 7.97. The molecule has 0 aliphatic carbocycles. The molecule has 0 bridgehead atoms. The molecule has 3 nitrogen and oxygen atoms in total. The standard InChI is InChI=1S/C13H17BrO3/c1-8-7-12(16-6-5-14)9(2)10(3)13(8)17-11(4)15/h7H,5-6H2,1-4H3. The maximum Gasteiger partial charge on any atom is 0.308 e. The van der Waals surface area contributed by atoms with Crippen LogP contribution in [0.3, 0.4) is 0 Å². The highest BCUT2D eigenvalue weighted by atomic mass is 79.9. The normalized spacial score (nSPS) is 10.2. The van der Waals surface area contributed by atoms with Gasteiger partial charge in [-0.25, -0.2) is 0 Å². The van der Waals surface area contributed by atoms with Crippen LogP contribution in [-0.2, 0) is 4.79 Å². The van der Waals surface area contributed by atoms with Crippen molar-refractivity contribution >= 4 is 21.9 Å². The third-order valence-corrected chi connectivity index (χ3v) is 2.88. The van der Waals surface area contributed by atoms with E-state index in [0.29, 0.717) is 12.4 Å². The smallest absolute Gasteiger partial charge is 0.308 e. The molecule has 0 aliphatic heterocycles. The van der Waals surface area contributed by atoms with E-state index in [9.17, 15) is 4.79 Å². The first-order valence-electron chi connectivity index (χ1n) is 5.45.